The van der Waals surface area contributed by atoms with E-state index in [-0.39, 0.29) is 12.1 Å². The minimum atomic E-state index is -0.340. The topological polar surface area (TPSA) is 59.1 Å². The maximum atomic E-state index is 9.26. The second kappa shape index (κ2) is 6.71. The van der Waals surface area contributed by atoms with E-state index >= 15 is 0 Å². The molecule has 0 spiro atoms. The predicted octanol–water partition coefficient (Wildman–Crippen LogP) is 4.02. The molecule has 0 bridgehead atoms. The van der Waals surface area contributed by atoms with Crippen molar-refractivity contribution in [2.75, 3.05) is 6.61 Å². The van der Waals surface area contributed by atoms with E-state index in [0.29, 0.717) is 0 Å². The third-order valence-electron chi connectivity index (χ3n) is 4.46. The summed E-state index contributed by atoms with van der Waals surface area (Å²) in [7, 11) is 0. The summed E-state index contributed by atoms with van der Waals surface area (Å²) in [6.45, 7) is 4.22. The Balaban J connectivity index is 2.11. The Morgan fingerprint density at radius 2 is 1.79 bits per heavy atom. The summed E-state index contributed by atoms with van der Waals surface area (Å²) in [6.07, 6.45) is 5.32. The van der Waals surface area contributed by atoms with Gasteiger partial charge in [0.15, 0.2) is 0 Å². The molecule has 3 nitrogen and oxygen atoms in total. The van der Waals surface area contributed by atoms with Crippen molar-refractivity contribution in [3.63, 3.8) is 0 Å². The van der Waals surface area contributed by atoms with Crippen molar-refractivity contribution in [3.8, 4) is 11.1 Å². The molecule has 1 heterocycles. The van der Waals surface area contributed by atoms with Gasteiger partial charge in [0.25, 0.3) is 0 Å². The molecule has 0 saturated heterocycles. The molecule has 0 amide bonds. The van der Waals surface area contributed by atoms with Crippen LogP contribution in [0.5, 0.6) is 0 Å². The molecule has 24 heavy (non-hydrogen) atoms. The van der Waals surface area contributed by atoms with Gasteiger partial charge in [0.1, 0.15) is 0 Å². The van der Waals surface area contributed by atoms with Gasteiger partial charge in [-0.15, -0.1) is 0 Å². The number of aromatic nitrogens is 1. The summed E-state index contributed by atoms with van der Waals surface area (Å²) in [6, 6.07) is 14.8. The standard InChI is InChI=1S/C21H24N2O/c1-21(2,22)17-8-5-15(6-9-17)18-10-7-16-14-23-12-11-19(16)20(18)4-3-13-24/h5-12,14,24H,3-4,13,22H2,1-2H3. The highest BCUT2D eigenvalue weighted by molar-refractivity contribution is 5.91. The van der Waals surface area contributed by atoms with Crippen molar-refractivity contribution in [1.29, 1.82) is 0 Å². The smallest absolute Gasteiger partial charge is 0.0434 e. The lowest BCUT2D eigenvalue weighted by atomic mass is 9.89. The summed E-state index contributed by atoms with van der Waals surface area (Å²) in [5, 5.41) is 11.6. The van der Waals surface area contributed by atoms with Crippen molar-refractivity contribution in [2.45, 2.75) is 32.2 Å². The highest BCUT2D eigenvalue weighted by atomic mass is 16.2. The molecule has 0 aliphatic rings. The maximum Gasteiger partial charge on any atom is 0.0434 e. The van der Waals surface area contributed by atoms with Crippen molar-refractivity contribution in [3.05, 3.63) is 66.0 Å². The Morgan fingerprint density at radius 1 is 1.04 bits per heavy atom. The molecule has 124 valence electrons. The summed E-state index contributed by atoms with van der Waals surface area (Å²) in [5.74, 6) is 0. The van der Waals surface area contributed by atoms with Gasteiger partial charge in [-0.1, -0.05) is 36.4 Å². The SMILES string of the molecule is CC(C)(N)c1ccc(-c2ccc3cnccc3c2CCCO)cc1. The van der Waals surface area contributed by atoms with E-state index < -0.39 is 0 Å². The van der Waals surface area contributed by atoms with Crippen LogP contribution in [0.4, 0.5) is 0 Å². The number of nitrogens with zero attached hydrogens (tertiary/aromatic N) is 1. The van der Waals surface area contributed by atoms with Gasteiger partial charge in [0.2, 0.25) is 0 Å². The summed E-state index contributed by atoms with van der Waals surface area (Å²) in [4.78, 5) is 4.21. The number of pyridine rings is 1. The highest BCUT2D eigenvalue weighted by Crippen LogP contribution is 2.32. The molecule has 0 aliphatic carbocycles. The van der Waals surface area contributed by atoms with Crippen LogP contribution in [0, 0.1) is 0 Å². The second-order valence-electron chi connectivity index (χ2n) is 6.81. The van der Waals surface area contributed by atoms with E-state index in [1.165, 1.54) is 22.1 Å². The number of benzene rings is 2. The van der Waals surface area contributed by atoms with E-state index in [9.17, 15) is 5.11 Å². The van der Waals surface area contributed by atoms with Gasteiger partial charge in [0.05, 0.1) is 0 Å². The molecule has 0 aliphatic heterocycles. The largest absolute Gasteiger partial charge is 0.396 e. The fraction of sp³-hybridized carbons (Fsp3) is 0.286. The maximum absolute atomic E-state index is 9.26. The van der Waals surface area contributed by atoms with Gasteiger partial charge >= 0.3 is 0 Å². The minimum Gasteiger partial charge on any atom is -0.396 e. The minimum absolute atomic E-state index is 0.196. The van der Waals surface area contributed by atoms with Crippen LogP contribution in [0.1, 0.15) is 31.4 Å². The molecule has 3 rings (SSSR count). The Bertz CT molecular complexity index is 833. The zero-order chi connectivity index (χ0) is 17.2. The van der Waals surface area contributed by atoms with Crippen LogP contribution in [0.15, 0.2) is 54.9 Å². The molecule has 0 atom stereocenters. The lowest BCUT2D eigenvalue weighted by Crippen LogP contribution is -2.28. The molecule has 1 aromatic heterocycles. The molecule has 2 aromatic carbocycles. The van der Waals surface area contributed by atoms with E-state index in [0.717, 1.165) is 23.8 Å². The molecule has 0 radical (unpaired) electrons. The lowest BCUT2D eigenvalue weighted by molar-refractivity contribution is 0.289. The van der Waals surface area contributed by atoms with Gasteiger partial charge < -0.3 is 10.8 Å². The average Bonchev–Trinajstić information content (AvgIpc) is 2.59. The predicted molar refractivity (Wildman–Crippen MR) is 99.8 cm³/mol. The van der Waals surface area contributed by atoms with Crippen molar-refractivity contribution in [2.24, 2.45) is 5.73 Å². The number of aliphatic hydroxyl groups is 1. The summed E-state index contributed by atoms with van der Waals surface area (Å²) < 4.78 is 0. The van der Waals surface area contributed by atoms with Crippen LogP contribution in [-0.2, 0) is 12.0 Å². The molecule has 0 fully saturated rings. The van der Waals surface area contributed by atoms with Gasteiger partial charge in [-0.2, -0.15) is 0 Å². The van der Waals surface area contributed by atoms with Gasteiger partial charge in [-0.05, 0) is 60.4 Å². The second-order valence-corrected chi connectivity index (χ2v) is 6.81. The van der Waals surface area contributed by atoms with Crippen LogP contribution in [0.2, 0.25) is 0 Å². The van der Waals surface area contributed by atoms with Crippen molar-refractivity contribution in [1.82, 2.24) is 4.98 Å². The number of rotatable bonds is 5. The molecule has 3 aromatic rings. The van der Waals surface area contributed by atoms with E-state index in [1.807, 2.05) is 26.2 Å². The number of aliphatic hydroxyl groups excluding tert-OH is 1. The number of nitrogens with two attached hydrogens (primary N) is 1. The Labute approximate surface area is 143 Å². The van der Waals surface area contributed by atoms with E-state index in [2.05, 4.69) is 47.4 Å². The number of fused-ring (bicyclic) bond motifs is 1. The van der Waals surface area contributed by atoms with Crippen LogP contribution in [-0.4, -0.2) is 16.7 Å². The molecule has 0 saturated carbocycles. The summed E-state index contributed by atoms with van der Waals surface area (Å²) >= 11 is 0. The molecule has 3 heteroatoms. The van der Waals surface area contributed by atoms with Crippen LogP contribution < -0.4 is 5.73 Å². The Hall–Kier alpha value is -2.23. The quantitative estimate of drug-likeness (QED) is 0.746. The fourth-order valence-electron chi connectivity index (χ4n) is 3.11. The zero-order valence-electron chi connectivity index (χ0n) is 14.3. The third-order valence-corrected chi connectivity index (χ3v) is 4.46. The van der Waals surface area contributed by atoms with Gasteiger partial charge in [-0.3, -0.25) is 4.98 Å². The average molecular weight is 320 g/mol. The monoisotopic (exact) mass is 320 g/mol. The Kier molecular flexibility index (Phi) is 4.65. The lowest BCUT2D eigenvalue weighted by Gasteiger charge is -2.20. The molecular weight excluding hydrogens is 296 g/mol. The van der Waals surface area contributed by atoms with Crippen molar-refractivity contribution >= 4 is 10.8 Å². The first-order chi connectivity index (χ1) is 11.5. The van der Waals surface area contributed by atoms with E-state index in [1.54, 1.807) is 0 Å². The van der Waals surface area contributed by atoms with Gasteiger partial charge in [0, 0.05) is 29.9 Å². The molecular formula is C21H24N2O. The Morgan fingerprint density at radius 3 is 2.46 bits per heavy atom. The van der Waals surface area contributed by atoms with Gasteiger partial charge in [-0.25, -0.2) is 0 Å². The number of hydrogen-bond donors (Lipinski definition) is 2. The normalized spacial score (nSPS) is 11.8. The van der Waals surface area contributed by atoms with E-state index in [4.69, 9.17) is 5.73 Å². The zero-order valence-corrected chi connectivity index (χ0v) is 14.3. The molecule has 3 N–H and O–H groups in total. The summed E-state index contributed by atoms with van der Waals surface area (Å²) in [5.41, 5.74) is 10.6. The third kappa shape index (κ3) is 3.32. The first-order valence-corrected chi connectivity index (χ1v) is 8.37. The first-order valence-electron chi connectivity index (χ1n) is 8.37. The number of hydrogen-bond acceptors (Lipinski definition) is 3. The van der Waals surface area contributed by atoms with Crippen LogP contribution in [0.3, 0.4) is 0 Å². The molecule has 0 unspecified atom stereocenters. The fourth-order valence-corrected chi connectivity index (χ4v) is 3.11. The highest BCUT2D eigenvalue weighted by Gasteiger charge is 2.15. The van der Waals surface area contributed by atoms with Crippen molar-refractivity contribution < 1.29 is 5.11 Å². The van der Waals surface area contributed by atoms with Crippen LogP contribution in [0.25, 0.3) is 21.9 Å². The first kappa shape index (κ1) is 16.6. The number of aryl methyl sites for hydroxylation is 1. The van der Waals surface area contributed by atoms with Crippen LogP contribution >= 0.6 is 0 Å².